The monoisotopic (exact) mass is 330 g/mol. The molecule has 23 heavy (non-hydrogen) atoms. The first-order valence-corrected chi connectivity index (χ1v) is 8.82. The molecule has 0 saturated carbocycles. The maximum Gasteiger partial charge on any atom is 0.522 e. The van der Waals surface area contributed by atoms with Gasteiger partial charge in [0.1, 0.15) is 0 Å². The van der Waals surface area contributed by atoms with Gasteiger partial charge in [0.25, 0.3) is 0 Å². The maximum atomic E-state index is 11.7. The minimum absolute atomic E-state index is 0.203. The molecule has 1 aromatic rings. The Kier molecular flexibility index (Phi) is 10.8. The van der Waals surface area contributed by atoms with Crippen molar-refractivity contribution in [3.05, 3.63) is 35.9 Å². The summed E-state index contributed by atoms with van der Waals surface area (Å²) >= 11 is 0. The van der Waals surface area contributed by atoms with Gasteiger partial charge in [0.15, 0.2) is 0 Å². The van der Waals surface area contributed by atoms with Crippen LogP contribution in [0.1, 0.15) is 69.8 Å². The van der Waals surface area contributed by atoms with E-state index in [9.17, 15) is 13.2 Å². The van der Waals surface area contributed by atoms with Gasteiger partial charge in [-0.15, -0.1) is 13.2 Å². The number of ether oxygens (including phenoxy) is 1. The summed E-state index contributed by atoms with van der Waals surface area (Å²) in [5.74, 6) is 0. The van der Waals surface area contributed by atoms with Crippen molar-refractivity contribution in [2.45, 2.75) is 77.0 Å². The number of hydrogen-bond acceptors (Lipinski definition) is 1. The van der Waals surface area contributed by atoms with E-state index in [1.54, 1.807) is 0 Å². The Morgan fingerprint density at radius 2 is 1.13 bits per heavy atom. The number of hydrogen-bond donors (Lipinski definition) is 0. The van der Waals surface area contributed by atoms with E-state index in [0.717, 1.165) is 19.3 Å². The highest BCUT2D eigenvalue weighted by Gasteiger charge is 2.28. The number of aryl methyl sites for hydroxylation is 1. The van der Waals surface area contributed by atoms with E-state index in [0.29, 0.717) is 6.42 Å². The molecule has 4 heteroatoms. The molecule has 0 aliphatic rings. The van der Waals surface area contributed by atoms with Crippen molar-refractivity contribution < 1.29 is 17.9 Å². The predicted octanol–water partition coefficient (Wildman–Crippen LogP) is 6.67. The first-order valence-electron chi connectivity index (χ1n) is 8.82. The SMILES string of the molecule is FC(F)(F)OCCCCCCCCCCCCc1ccccc1. The smallest absolute Gasteiger partial charge is 0.292 e. The van der Waals surface area contributed by atoms with Gasteiger partial charge in [-0.3, -0.25) is 4.74 Å². The summed E-state index contributed by atoms with van der Waals surface area (Å²) in [4.78, 5) is 0. The number of benzene rings is 1. The molecular formula is C19H29F3O. The van der Waals surface area contributed by atoms with Crippen LogP contribution in [0.4, 0.5) is 13.2 Å². The summed E-state index contributed by atoms with van der Waals surface area (Å²) in [5.41, 5.74) is 1.42. The highest BCUT2D eigenvalue weighted by Crippen LogP contribution is 2.17. The average molecular weight is 330 g/mol. The molecule has 0 aliphatic carbocycles. The number of halogens is 3. The Labute approximate surface area is 138 Å². The number of alkyl halides is 3. The summed E-state index contributed by atoms with van der Waals surface area (Å²) in [5, 5.41) is 0. The third-order valence-corrected chi connectivity index (χ3v) is 3.97. The Hall–Kier alpha value is -1.03. The van der Waals surface area contributed by atoms with Gasteiger partial charge in [-0.05, 0) is 24.8 Å². The lowest BCUT2D eigenvalue weighted by Crippen LogP contribution is -2.13. The fourth-order valence-corrected chi connectivity index (χ4v) is 2.68. The Morgan fingerprint density at radius 1 is 0.652 bits per heavy atom. The van der Waals surface area contributed by atoms with Crippen LogP contribution in [0.3, 0.4) is 0 Å². The Balaban J connectivity index is 1.76. The van der Waals surface area contributed by atoms with Gasteiger partial charge in [0, 0.05) is 0 Å². The zero-order valence-electron chi connectivity index (χ0n) is 13.9. The van der Waals surface area contributed by atoms with Crippen LogP contribution in [-0.2, 0) is 11.2 Å². The van der Waals surface area contributed by atoms with E-state index in [-0.39, 0.29) is 6.61 Å². The standard InChI is InChI=1S/C19H29F3O/c20-19(21,22)23-17-13-8-6-4-2-1-3-5-7-10-14-18-15-11-9-12-16-18/h9,11-12,15-16H,1-8,10,13-14,17H2. The molecule has 1 aromatic carbocycles. The van der Waals surface area contributed by atoms with Crippen molar-refractivity contribution in [2.75, 3.05) is 6.61 Å². The normalized spacial score (nSPS) is 11.8. The molecule has 0 aromatic heterocycles. The van der Waals surface area contributed by atoms with Crippen LogP contribution in [-0.4, -0.2) is 13.0 Å². The van der Waals surface area contributed by atoms with Crippen LogP contribution in [0, 0.1) is 0 Å². The molecule has 0 saturated heterocycles. The van der Waals surface area contributed by atoms with Crippen molar-refractivity contribution in [3.63, 3.8) is 0 Å². The van der Waals surface area contributed by atoms with Gasteiger partial charge >= 0.3 is 6.36 Å². The van der Waals surface area contributed by atoms with Crippen LogP contribution in [0.15, 0.2) is 30.3 Å². The fourth-order valence-electron chi connectivity index (χ4n) is 2.68. The van der Waals surface area contributed by atoms with Gasteiger partial charge < -0.3 is 0 Å². The molecule has 1 nitrogen and oxygen atoms in total. The lowest BCUT2D eigenvalue weighted by molar-refractivity contribution is -0.324. The van der Waals surface area contributed by atoms with Crippen molar-refractivity contribution in [2.24, 2.45) is 0 Å². The van der Waals surface area contributed by atoms with Crippen molar-refractivity contribution >= 4 is 0 Å². The molecule has 0 heterocycles. The van der Waals surface area contributed by atoms with E-state index >= 15 is 0 Å². The zero-order chi connectivity index (χ0) is 16.8. The molecule has 0 spiro atoms. The number of unbranched alkanes of at least 4 members (excludes halogenated alkanes) is 9. The van der Waals surface area contributed by atoms with Gasteiger partial charge in [0.2, 0.25) is 0 Å². The van der Waals surface area contributed by atoms with E-state index < -0.39 is 6.36 Å². The lowest BCUT2D eigenvalue weighted by Gasteiger charge is -2.06. The minimum atomic E-state index is -4.47. The van der Waals surface area contributed by atoms with Crippen molar-refractivity contribution in [1.29, 1.82) is 0 Å². The van der Waals surface area contributed by atoms with Gasteiger partial charge in [-0.25, -0.2) is 0 Å². The molecular weight excluding hydrogens is 301 g/mol. The van der Waals surface area contributed by atoms with Crippen LogP contribution in [0.25, 0.3) is 0 Å². The van der Waals surface area contributed by atoms with Crippen molar-refractivity contribution in [1.82, 2.24) is 0 Å². The number of rotatable bonds is 13. The Bertz CT molecular complexity index is 376. The highest BCUT2D eigenvalue weighted by molar-refractivity contribution is 5.14. The molecule has 0 bridgehead atoms. The summed E-state index contributed by atoms with van der Waals surface area (Å²) in [6.45, 7) is -0.203. The molecule has 0 unspecified atom stereocenters. The van der Waals surface area contributed by atoms with E-state index in [2.05, 4.69) is 29.0 Å². The summed E-state index contributed by atoms with van der Waals surface area (Å²) in [7, 11) is 0. The largest absolute Gasteiger partial charge is 0.522 e. The van der Waals surface area contributed by atoms with Gasteiger partial charge in [0.05, 0.1) is 6.61 Å². The average Bonchev–Trinajstić information content (AvgIpc) is 2.52. The highest BCUT2D eigenvalue weighted by atomic mass is 19.4. The lowest BCUT2D eigenvalue weighted by atomic mass is 10.0. The van der Waals surface area contributed by atoms with Crippen LogP contribution in [0.5, 0.6) is 0 Å². The predicted molar refractivity (Wildman–Crippen MR) is 88.3 cm³/mol. The maximum absolute atomic E-state index is 11.7. The third kappa shape index (κ3) is 13.1. The fraction of sp³-hybridized carbons (Fsp3) is 0.684. The second-order valence-corrected chi connectivity index (χ2v) is 6.07. The molecule has 132 valence electrons. The molecule has 1 rings (SSSR count). The van der Waals surface area contributed by atoms with E-state index in [1.165, 1.54) is 50.5 Å². The van der Waals surface area contributed by atoms with E-state index in [4.69, 9.17) is 0 Å². The third-order valence-electron chi connectivity index (χ3n) is 3.97. The molecule has 0 radical (unpaired) electrons. The minimum Gasteiger partial charge on any atom is -0.292 e. The Morgan fingerprint density at radius 3 is 1.65 bits per heavy atom. The first-order chi connectivity index (χ1) is 11.1. The summed E-state index contributed by atoms with van der Waals surface area (Å²) < 4.78 is 38.9. The van der Waals surface area contributed by atoms with E-state index in [1.807, 2.05) is 6.07 Å². The topological polar surface area (TPSA) is 9.23 Å². The van der Waals surface area contributed by atoms with Crippen LogP contribution in [0.2, 0.25) is 0 Å². The van der Waals surface area contributed by atoms with Gasteiger partial charge in [-0.2, -0.15) is 0 Å². The van der Waals surface area contributed by atoms with Gasteiger partial charge in [-0.1, -0.05) is 81.7 Å². The second-order valence-electron chi connectivity index (χ2n) is 6.07. The van der Waals surface area contributed by atoms with Crippen molar-refractivity contribution in [3.8, 4) is 0 Å². The summed E-state index contributed by atoms with van der Waals surface area (Å²) in [6, 6.07) is 10.6. The molecule has 0 N–H and O–H groups in total. The quantitative estimate of drug-likeness (QED) is 0.367. The molecule has 0 aliphatic heterocycles. The zero-order valence-corrected chi connectivity index (χ0v) is 13.9. The first kappa shape index (κ1) is 20.0. The molecule has 0 atom stereocenters. The molecule has 0 fully saturated rings. The summed E-state index contributed by atoms with van der Waals surface area (Å²) in [6.07, 6.45) is 7.67. The molecule has 0 amide bonds. The van der Waals surface area contributed by atoms with Crippen LogP contribution >= 0.6 is 0 Å². The van der Waals surface area contributed by atoms with Crippen LogP contribution < -0.4 is 0 Å². The second kappa shape index (κ2) is 12.4.